The number of hydrogen-bond acceptors (Lipinski definition) is 2. The summed E-state index contributed by atoms with van der Waals surface area (Å²) >= 11 is 0. The summed E-state index contributed by atoms with van der Waals surface area (Å²) in [6.07, 6.45) is 2.44. The first-order valence-electron chi connectivity index (χ1n) is 4.65. The molecule has 0 aromatic carbocycles. The number of aliphatic hydroxyl groups excluding tert-OH is 1. The Bertz CT molecular complexity index is 246. The SMILES string of the molecule is NC(N)=NC(N)=NCC1CCC(O)C1. The van der Waals surface area contributed by atoms with Crippen molar-refractivity contribution in [2.75, 3.05) is 6.54 Å². The van der Waals surface area contributed by atoms with Gasteiger partial charge in [-0.3, -0.25) is 4.99 Å². The lowest BCUT2D eigenvalue weighted by Crippen LogP contribution is -2.26. The molecule has 0 spiro atoms. The number of nitrogens with zero attached hydrogens (tertiary/aromatic N) is 2. The van der Waals surface area contributed by atoms with Crippen molar-refractivity contribution in [1.82, 2.24) is 0 Å². The molecule has 7 N–H and O–H groups in total. The van der Waals surface area contributed by atoms with Gasteiger partial charge in [-0.05, 0) is 25.2 Å². The molecule has 0 aromatic heterocycles. The van der Waals surface area contributed by atoms with Crippen LogP contribution < -0.4 is 17.2 Å². The molecule has 0 amide bonds. The molecule has 80 valence electrons. The predicted octanol–water partition coefficient (Wildman–Crippen LogP) is -1.26. The van der Waals surface area contributed by atoms with E-state index in [4.69, 9.17) is 17.2 Å². The molecule has 0 heterocycles. The average molecular weight is 199 g/mol. The zero-order valence-corrected chi connectivity index (χ0v) is 8.06. The van der Waals surface area contributed by atoms with Crippen LogP contribution >= 0.6 is 0 Å². The standard InChI is InChI=1S/C8H17N5O/c9-7(10)13-8(11)12-4-5-1-2-6(14)3-5/h5-6,14H,1-4H2,(H6,9,10,11,12,13). The van der Waals surface area contributed by atoms with E-state index < -0.39 is 0 Å². The topological polar surface area (TPSA) is 123 Å². The molecule has 1 fully saturated rings. The smallest absolute Gasteiger partial charge is 0.218 e. The van der Waals surface area contributed by atoms with E-state index in [2.05, 4.69) is 9.98 Å². The van der Waals surface area contributed by atoms with Gasteiger partial charge in [0.15, 0.2) is 5.96 Å². The van der Waals surface area contributed by atoms with Crippen LogP contribution in [0, 0.1) is 5.92 Å². The zero-order chi connectivity index (χ0) is 10.6. The fourth-order valence-corrected chi connectivity index (χ4v) is 1.60. The van der Waals surface area contributed by atoms with Crippen LogP contribution in [0.15, 0.2) is 9.98 Å². The van der Waals surface area contributed by atoms with Gasteiger partial charge in [-0.25, -0.2) is 0 Å². The fraction of sp³-hybridized carbons (Fsp3) is 0.750. The monoisotopic (exact) mass is 199 g/mol. The third-order valence-electron chi connectivity index (χ3n) is 2.27. The highest BCUT2D eigenvalue weighted by atomic mass is 16.3. The summed E-state index contributed by atoms with van der Waals surface area (Å²) in [6.45, 7) is 0.583. The van der Waals surface area contributed by atoms with Gasteiger partial charge in [0.1, 0.15) is 0 Å². The van der Waals surface area contributed by atoms with E-state index in [-0.39, 0.29) is 18.0 Å². The van der Waals surface area contributed by atoms with E-state index in [1.54, 1.807) is 0 Å². The minimum atomic E-state index is -0.181. The molecule has 1 saturated carbocycles. The molecule has 0 aromatic rings. The van der Waals surface area contributed by atoms with Crippen LogP contribution in [-0.2, 0) is 0 Å². The molecular formula is C8H17N5O. The lowest BCUT2D eigenvalue weighted by Gasteiger charge is -2.04. The normalized spacial score (nSPS) is 27.6. The van der Waals surface area contributed by atoms with E-state index in [0.717, 1.165) is 19.3 Å². The van der Waals surface area contributed by atoms with Gasteiger partial charge in [-0.1, -0.05) is 0 Å². The summed E-state index contributed by atoms with van der Waals surface area (Å²) in [5, 5.41) is 9.26. The summed E-state index contributed by atoms with van der Waals surface area (Å²) in [4.78, 5) is 7.61. The van der Waals surface area contributed by atoms with Gasteiger partial charge in [0, 0.05) is 6.54 Å². The van der Waals surface area contributed by atoms with Gasteiger partial charge in [0.25, 0.3) is 0 Å². The first-order chi connectivity index (χ1) is 6.58. The van der Waals surface area contributed by atoms with Crippen molar-refractivity contribution in [2.45, 2.75) is 25.4 Å². The minimum Gasteiger partial charge on any atom is -0.393 e. The van der Waals surface area contributed by atoms with Crippen molar-refractivity contribution in [3.63, 3.8) is 0 Å². The molecule has 1 aliphatic carbocycles. The van der Waals surface area contributed by atoms with Crippen molar-refractivity contribution in [3.05, 3.63) is 0 Å². The molecular weight excluding hydrogens is 182 g/mol. The van der Waals surface area contributed by atoms with Gasteiger partial charge in [-0.15, -0.1) is 0 Å². The third kappa shape index (κ3) is 3.61. The van der Waals surface area contributed by atoms with Crippen molar-refractivity contribution in [3.8, 4) is 0 Å². The van der Waals surface area contributed by atoms with Gasteiger partial charge in [0.05, 0.1) is 6.10 Å². The van der Waals surface area contributed by atoms with Crippen LogP contribution in [0.2, 0.25) is 0 Å². The van der Waals surface area contributed by atoms with E-state index in [9.17, 15) is 5.11 Å². The maximum Gasteiger partial charge on any atom is 0.218 e. The van der Waals surface area contributed by atoms with Crippen molar-refractivity contribution >= 4 is 11.9 Å². The van der Waals surface area contributed by atoms with Crippen LogP contribution in [0.3, 0.4) is 0 Å². The van der Waals surface area contributed by atoms with E-state index in [1.807, 2.05) is 0 Å². The van der Waals surface area contributed by atoms with Gasteiger partial charge in [0.2, 0.25) is 5.96 Å². The molecule has 2 atom stereocenters. The number of aliphatic imine (C=N–C) groups is 2. The van der Waals surface area contributed by atoms with E-state index in [1.165, 1.54) is 0 Å². The molecule has 0 aliphatic heterocycles. The number of rotatable bonds is 2. The Morgan fingerprint density at radius 1 is 1.29 bits per heavy atom. The molecule has 14 heavy (non-hydrogen) atoms. The molecule has 2 unspecified atom stereocenters. The average Bonchev–Trinajstić information content (AvgIpc) is 2.47. The van der Waals surface area contributed by atoms with Crippen LogP contribution in [-0.4, -0.2) is 29.7 Å². The third-order valence-corrected chi connectivity index (χ3v) is 2.27. The lowest BCUT2D eigenvalue weighted by molar-refractivity contribution is 0.178. The summed E-state index contributed by atoms with van der Waals surface area (Å²) < 4.78 is 0. The van der Waals surface area contributed by atoms with Gasteiger partial charge in [-0.2, -0.15) is 4.99 Å². The predicted molar refractivity (Wildman–Crippen MR) is 55.6 cm³/mol. The summed E-state index contributed by atoms with van der Waals surface area (Å²) in [7, 11) is 0. The van der Waals surface area contributed by atoms with Crippen LogP contribution in [0.1, 0.15) is 19.3 Å². The largest absolute Gasteiger partial charge is 0.393 e. The maximum atomic E-state index is 9.26. The highest BCUT2D eigenvalue weighted by Crippen LogP contribution is 2.25. The Hall–Kier alpha value is -1.30. The fourth-order valence-electron chi connectivity index (χ4n) is 1.60. The van der Waals surface area contributed by atoms with Crippen LogP contribution in [0.25, 0.3) is 0 Å². The lowest BCUT2D eigenvalue weighted by atomic mass is 10.1. The van der Waals surface area contributed by atoms with Crippen LogP contribution in [0.5, 0.6) is 0 Å². The Morgan fingerprint density at radius 2 is 2.00 bits per heavy atom. The molecule has 0 saturated heterocycles. The minimum absolute atomic E-state index is 0.0855. The zero-order valence-electron chi connectivity index (χ0n) is 8.06. The van der Waals surface area contributed by atoms with Crippen molar-refractivity contribution in [2.24, 2.45) is 33.1 Å². The Balaban J connectivity index is 2.35. The molecule has 6 heteroatoms. The molecule has 6 nitrogen and oxygen atoms in total. The number of hydrogen-bond donors (Lipinski definition) is 4. The van der Waals surface area contributed by atoms with Crippen molar-refractivity contribution < 1.29 is 5.11 Å². The first kappa shape index (κ1) is 10.8. The van der Waals surface area contributed by atoms with E-state index in [0.29, 0.717) is 12.5 Å². The Labute approximate surface area is 82.9 Å². The Kier molecular flexibility index (Phi) is 3.70. The molecule has 0 bridgehead atoms. The van der Waals surface area contributed by atoms with E-state index >= 15 is 0 Å². The molecule has 1 rings (SSSR count). The second-order valence-corrected chi connectivity index (χ2v) is 3.57. The van der Waals surface area contributed by atoms with Gasteiger partial charge >= 0.3 is 0 Å². The molecule has 0 radical (unpaired) electrons. The Morgan fingerprint density at radius 3 is 2.50 bits per heavy atom. The quantitative estimate of drug-likeness (QED) is 0.327. The second kappa shape index (κ2) is 4.80. The number of aliphatic hydroxyl groups is 1. The van der Waals surface area contributed by atoms with Crippen LogP contribution in [0.4, 0.5) is 0 Å². The highest BCUT2D eigenvalue weighted by molar-refractivity contribution is 5.92. The number of nitrogens with two attached hydrogens (primary N) is 3. The van der Waals surface area contributed by atoms with Crippen molar-refractivity contribution in [1.29, 1.82) is 0 Å². The molecule has 1 aliphatic rings. The first-order valence-corrected chi connectivity index (χ1v) is 4.65. The summed E-state index contributed by atoms with van der Waals surface area (Å²) in [6, 6.07) is 0. The number of guanidine groups is 2. The van der Waals surface area contributed by atoms with Gasteiger partial charge < -0.3 is 22.3 Å². The highest BCUT2D eigenvalue weighted by Gasteiger charge is 2.22. The maximum absolute atomic E-state index is 9.26. The summed E-state index contributed by atoms with van der Waals surface area (Å²) in [5.74, 6) is 0.418. The summed E-state index contributed by atoms with van der Waals surface area (Å²) in [5.41, 5.74) is 15.7. The second-order valence-electron chi connectivity index (χ2n) is 3.57.